The van der Waals surface area contributed by atoms with Crippen LogP contribution in [-0.2, 0) is 20.9 Å². The molecule has 2 aliphatic heterocycles. The van der Waals surface area contributed by atoms with E-state index in [0.717, 1.165) is 31.2 Å². The lowest BCUT2D eigenvalue weighted by Crippen LogP contribution is -2.67. The van der Waals surface area contributed by atoms with E-state index >= 15 is 0 Å². The van der Waals surface area contributed by atoms with Gasteiger partial charge >= 0.3 is 0 Å². The largest absolute Gasteiger partial charge is 0.373 e. The average Bonchev–Trinajstić information content (AvgIpc) is 2.66. The Hall–Kier alpha value is -1.72. The fourth-order valence-electron chi connectivity index (χ4n) is 4.24. The average molecular weight is 356 g/mol. The van der Waals surface area contributed by atoms with E-state index in [4.69, 9.17) is 9.47 Å². The normalized spacial score (nSPS) is 24.8. The fraction of sp³-hybridized carbons (Fsp3) is 0.619. The molecule has 2 saturated heterocycles. The van der Waals surface area contributed by atoms with Crippen LogP contribution in [0.15, 0.2) is 36.2 Å². The number of ether oxygens (including phenoxy) is 2. The lowest BCUT2D eigenvalue weighted by molar-refractivity contribution is -0.202. The smallest absolute Gasteiger partial charge is 0.226 e. The summed E-state index contributed by atoms with van der Waals surface area (Å²) in [6.07, 6.45) is 13.2. The van der Waals surface area contributed by atoms with Gasteiger partial charge in [-0.2, -0.15) is 0 Å². The molecule has 1 atom stereocenters. The van der Waals surface area contributed by atoms with Crippen LogP contribution in [0.3, 0.4) is 0 Å². The molecule has 3 aliphatic rings. The van der Waals surface area contributed by atoms with E-state index < -0.39 is 0 Å². The zero-order valence-corrected chi connectivity index (χ0v) is 15.4. The maximum absolute atomic E-state index is 12.5. The minimum Gasteiger partial charge on any atom is -0.373 e. The quantitative estimate of drug-likeness (QED) is 0.760. The Morgan fingerprint density at radius 3 is 2.92 bits per heavy atom. The third-order valence-electron chi connectivity index (χ3n) is 5.76. The number of aromatic nitrogens is 1. The van der Waals surface area contributed by atoms with Gasteiger partial charge in [-0.05, 0) is 49.8 Å². The van der Waals surface area contributed by atoms with Gasteiger partial charge in [-0.3, -0.25) is 9.78 Å². The number of amides is 1. The fourth-order valence-corrected chi connectivity index (χ4v) is 4.24. The van der Waals surface area contributed by atoms with Crippen molar-refractivity contribution in [1.29, 1.82) is 0 Å². The van der Waals surface area contributed by atoms with E-state index in [1.165, 1.54) is 18.4 Å². The summed E-state index contributed by atoms with van der Waals surface area (Å²) in [5.74, 6) is 0.257. The third kappa shape index (κ3) is 4.15. The van der Waals surface area contributed by atoms with Crippen molar-refractivity contribution in [3.63, 3.8) is 0 Å². The zero-order valence-electron chi connectivity index (χ0n) is 15.4. The van der Waals surface area contributed by atoms with Crippen LogP contribution in [0, 0.1) is 0 Å². The molecular formula is C21H28N2O3. The number of pyridine rings is 1. The van der Waals surface area contributed by atoms with Gasteiger partial charge in [0.1, 0.15) is 5.60 Å². The standard InChI is InChI=1S/C21H28N2O3/c24-20(12-17-4-2-1-3-5-17)23-15-21(16-23)13-19(8-11-26-21)25-14-18-6-9-22-10-7-18/h4,6-7,9-10,19H,1-3,5,8,11-16H2/t19-/m0/s1. The van der Waals surface area contributed by atoms with Crippen molar-refractivity contribution >= 4 is 5.91 Å². The van der Waals surface area contributed by atoms with Gasteiger partial charge in [0.15, 0.2) is 0 Å². The van der Waals surface area contributed by atoms with Gasteiger partial charge < -0.3 is 14.4 Å². The summed E-state index contributed by atoms with van der Waals surface area (Å²) < 4.78 is 12.2. The first-order valence-electron chi connectivity index (χ1n) is 9.83. The van der Waals surface area contributed by atoms with E-state index in [2.05, 4.69) is 11.1 Å². The van der Waals surface area contributed by atoms with Crippen molar-refractivity contribution in [2.45, 2.75) is 63.3 Å². The van der Waals surface area contributed by atoms with E-state index in [0.29, 0.717) is 32.7 Å². The van der Waals surface area contributed by atoms with Crippen LogP contribution >= 0.6 is 0 Å². The number of hydrogen-bond acceptors (Lipinski definition) is 4. The molecule has 5 nitrogen and oxygen atoms in total. The molecule has 1 aromatic heterocycles. The van der Waals surface area contributed by atoms with Crippen molar-refractivity contribution in [2.24, 2.45) is 0 Å². The number of hydrogen-bond donors (Lipinski definition) is 0. The van der Waals surface area contributed by atoms with Crippen molar-refractivity contribution in [1.82, 2.24) is 9.88 Å². The predicted molar refractivity (Wildman–Crippen MR) is 98.5 cm³/mol. The minimum absolute atomic E-state index is 0.183. The molecule has 0 saturated carbocycles. The SMILES string of the molecule is O=C(CC1=CCCCC1)N1CC2(C[C@@H](OCc3ccncc3)CCO2)C1. The number of likely N-dealkylation sites (tertiary alicyclic amines) is 1. The van der Waals surface area contributed by atoms with Crippen molar-refractivity contribution in [3.05, 3.63) is 41.7 Å². The summed E-state index contributed by atoms with van der Waals surface area (Å²) >= 11 is 0. The molecular weight excluding hydrogens is 328 g/mol. The van der Waals surface area contributed by atoms with Crippen LogP contribution in [0.4, 0.5) is 0 Å². The lowest BCUT2D eigenvalue weighted by Gasteiger charge is -2.53. The molecule has 1 aromatic rings. The van der Waals surface area contributed by atoms with E-state index in [9.17, 15) is 4.79 Å². The van der Waals surface area contributed by atoms with E-state index in [1.54, 1.807) is 12.4 Å². The van der Waals surface area contributed by atoms with Gasteiger partial charge in [-0.1, -0.05) is 11.6 Å². The van der Waals surface area contributed by atoms with Crippen molar-refractivity contribution in [2.75, 3.05) is 19.7 Å². The molecule has 0 unspecified atom stereocenters. The number of nitrogens with zero attached hydrogens (tertiary/aromatic N) is 2. The molecule has 5 heteroatoms. The Bertz CT molecular complexity index is 652. The highest BCUT2D eigenvalue weighted by molar-refractivity contribution is 5.80. The molecule has 0 aromatic carbocycles. The van der Waals surface area contributed by atoms with Crippen LogP contribution < -0.4 is 0 Å². The van der Waals surface area contributed by atoms with E-state index in [-0.39, 0.29) is 17.6 Å². The van der Waals surface area contributed by atoms with Crippen molar-refractivity contribution in [3.8, 4) is 0 Å². The van der Waals surface area contributed by atoms with Gasteiger partial charge in [-0.25, -0.2) is 0 Å². The van der Waals surface area contributed by atoms with Crippen LogP contribution in [0.1, 0.15) is 50.5 Å². The monoisotopic (exact) mass is 356 g/mol. The van der Waals surface area contributed by atoms with Crippen LogP contribution in [0.25, 0.3) is 0 Å². The molecule has 1 spiro atoms. The molecule has 0 radical (unpaired) electrons. The van der Waals surface area contributed by atoms with Gasteiger partial charge in [0, 0.05) is 31.8 Å². The van der Waals surface area contributed by atoms with E-state index in [1.807, 2.05) is 17.0 Å². The van der Waals surface area contributed by atoms with Gasteiger partial charge in [-0.15, -0.1) is 0 Å². The number of rotatable bonds is 5. The zero-order chi connectivity index (χ0) is 17.8. The molecule has 26 heavy (non-hydrogen) atoms. The second-order valence-corrected chi connectivity index (χ2v) is 7.85. The molecule has 1 amide bonds. The summed E-state index contributed by atoms with van der Waals surface area (Å²) in [4.78, 5) is 18.5. The molecule has 2 fully saturated rings. The molecule has 0 bridgehead atoms. The second kappa shape index (κ2) is 7.89. The number of carbonyl (C=O) groups excluding carboxylic acids is 1. The first-order valence-corrected chi connectivity index (χ1v) is 9.83. The summed E-state index contributed by atoms with van der Waals surface area (Å²) in [6, 6.07) is 3.97. The molecule has 1 aliphatic carbocycles. The molecule has 0 N–H and O–H groups in total. The van der Waals surface area contributed by atoms with Crippen LogP contribution in [0.2, 0.25) is 0 Å². The predicted octanol–water partition coefficient (Wildman–Crippen LogP) is 3.25. The van der Waals surface area contributed by atoms with Crippen molar-refractivity contribution < 1.29 is 14.3 Å². The highest BCUT2D eigenvalue weighted by atomic mass is 16.5. The Labute approximate surface area is 155 Å². The maximum atomic E-state index is 12.5. The molecule has 4 rings (SSSR count). The minimum atomic E-state index is -0.183. The Balaban J connectivity index is 1.24. The highest BCUT2D eigenvalue weighted by Gasteiger charge is 2.49. The lowest BCUT2D eigenvalue weighted by atomic mass is 9.84. The molecule has 140 valence electrons. The summed E-state index contributed by atoms with van der Waals surface area (Å²) in [6.45, 7) is 2.76. The maximum Gasteiger partial charge on any atom is 0.226 e. The summed E-state index contributed by atoms with van der Waals surface area (Å²) in [5, 5.41) is 0. The van der Waals surface area contributed by atoms with Crippen LogP contribution in [0.5, 0.6) is 0 Å². The number of allylic oxidation sites excluding steroid dienone is 1. The topological polar surface area (TPSA) is 51.7 Å². The second-order valence-electron chi connectivity index (χ2n) is 7.85. The van der Waals surface area contributed by atoms with Gasteiger partial charge in [0.25, 0.3) is 0 Å². The number of carbonyl (C=O) groups is 1. The summed E-state index contributed by atoms with van der Waals surface area (Å²) in [7, 11) is 0. The van der Waals surface area contributed by atoms with Gasteiger partial charge in [0.2, 0.25) is 5.91 Å². The summed E-state index contributed by atoms with van der Waals surface area (Å²) in [5.41, 5.74) is 2.29. The molecule has 3 heterocycles. The Kier molecular flexibility index (Phi) is 5.36. The highest BCUT2D eigenvalue weighted by Crippen LogP contribution is 2.36. The Morgan fingerprint density at radius 1 is 1.31 bits per heavy atom. The third-order valence-corrected chi connectivity index (χ3v) is 5.76. The Morgan fingerprint density at radius 2 is 2.15 bits per heavy atom. The first kappa shape index (κ1) is 17.7. The first-order chi connectivity index (χ1) is 12.7. The van der Waals surface area contributed by atoms with Gasteiger partial charge in [0.05, 0.1) is 25.8 Å². The van der Waals surface area contributed by atoms with Crippen LogP contribution in [-0.4, -0.2) is 47.2 Å².